The quantitative estimate of drug-likeness (QED) is 0.641. The number of hydrogen-bond donors (Lipinski definition) is 1. The fraction of sp³-hybridized carbons (Fsp3) is 0.227. The van der Waals surface area contributed by atoms with Crippen molar-refractivity contribution < 1.29 is 23.5 Å². The summed E-state index contributed by atoms with van der Waals surface area (Å²) in [5.74, 6) is 0.119. The standard InChI is InChI=1S/C22H20FN3O4/c1-22(2)11-15-18(29-17-5-4-13(12-27)8-16(17)23)9-14(10-19(15)30-22)21(28)24-20-6-7-26(3)25-20/h4-10,12H,11H2,1-3H3,(H,24,25,28). The van der Waals surface area contributed by atoms with Gasteiger partial charge in [-0.3, -0.25) is 14.3 Å². The van der Waals surface area contributed by atoms with Crippen LogP contribution >= 0.6 is 0 Å². The summed E-state index contributed by atoms with van der Waals surface area (Å²) in [6, 6.07) is 8.81. The van der Waals surface area contributed by atoms with E-state index in [1.807, 2.05) is 13.8 Å². The normalized spacial score (nSPS) is 14.0. The minimum atomic E-state index is -0.671. The van der Waals surface area contributed by atoms with Crippen LogP contribution in [-0.2, 0) is 13.5 Å². The van der Waals surface area contributed by atoms with Crippen LogP contribution in [0.25, 0.3) is 0 Å². The number of fused-ring (bicyclic) bond motifs is 1. The Bertz CT molecular complexity index is 1150. The van der Waals surface area contributed by atoms with Crippen molar-refractivity contribution in [1.82, 2.24) is 9.78 Å². The number of amides is 1. The van der Waals surface area contributed by atoms with Crippen molar-refractivity contribution in [3.63, 3.8) is 0 Å². The molecule has 0 bridgehead atoms. The summed E-state index contributed by atoms with van der Waals surface area (Å²) < 4.78 is 27.7. The molecule has 0 fully saturated rings. The molecular formula is C22H20FN3O4. The van der Waals surface area contributed by atoms with Crippen LogP contribution in [-0.4, -0.2) is 27.6 Å². The number of carbonyl (C=O) groups is 2. The Morgan fingerprint density at radius 2 is 2.07 bits per heavy atom. The fourth-order valence-electron chi connectivity index (χ4n) is 3.33. The summed E-state index contributed by atoms with van der Waals surface area (Å²) in [5.41, 5.74) is 0.750. The molecule has 7 nitrogen and oxygen atoms in total. The van der Waals surface area contributed by atoms with Crippen molar-refractivity contribution in [3.05, 3.63) is 65.1 Å². The van der Waals surface area contributed by atoms with Gasteiger partial charge >= 0.3 is 0 Å². The van der Waals surface area contributed by atoms with Crippen LogP contribution in [0.1, 0.15) is 40.1 Å². The molecule has 4 rings (SSSR count). The van der Waals surface area contributed by atoms with Gasteiger partial charge in [-0.2, -0.15) is 5.10 Å². The molecule has 30 heavy (non-hydrogen) atoms. The molecule has 2 heterocycles. The topological polar surface area (TPSA) is 82.5 Å². The van der Waals surface area contributed by atoms with Gasteiger partial charge in [-0.05, 0) is 44.2 Å². The smallest absolute Gasteiger partial charge is 0.257 e. The highest BCUT2D eigenvalue weighted by Gasteiger charge is 2.34. The predicted octanol–water partition coefficient (Wildman–Crippen LogP) is 4.13. The monoisotopic (exact) mass is 409 g/mol. The molecule has 1 amide bonds. The van der Waals surface area contributed by atoms with E-state index in [0.717, 1.165) is 11.6 Å². The van der Waals surface area contributed by atoms with Crippen molar-refractivity contribution in [2.24, 2.45) is 7.05 Å². The van der Waals surface area contributed by atoms with Gasteiger partial charge in [0.25, 0.3) is 5.91 Å². The van der Waals surface area contributed by atoms with Crippen LogP contribution in [0.2, 0.25) is 0 Å². The van der Waals surface area contributed by atoms with Crippen LogP contribution < -0.4 is 14.8 Å². The number of aryl methyl sites for hydroxylation is 1. The molecular weight excluding hydrogens is 389 g/mol. The number of ether oxygens (including phenoxy) is 2. The number of hydrogen-bond acceptors (Lipinski definition) is 5. The van der Waals surface area contributed by atoms with E-state index in [1.54, 1.807) is 36.1 Å². The number of rotatable bonds is 5. The molecule has 1 aromatic heterocycles. The largest absolute Gasteiger partial charge is 0.487 e. The van der Waals surface area contributed by atoms with Crippen LogP contribution in [0.5, 0.6) is 17.2 Å². The molecule has 0 radical (unpaired) electrons. The molecule has 8 heteroatoms. The van der Waals surface area contributed by atoms with Crippen molar-refractivity contribution >= 4 is 18.0 Å². The first-order chi connectivity index (χ1) is 14.2. The van der Waals surface area contributed by atoms with E-state index in [2.05, 4.69) is 10.4 Å². The Morgan fingerprint density at radius 1 is 1.27 bits per heavy atom. The van der Waals surface area contributed by atoms with Gasteiger partial charge in [-0.15, -0.1) is 0 Å². The third-order valence-electron chi connectivity index (χ3n) is 4.69. The van der Waals surface area contributed by atoms with Gasteiger partial charge in [0.05, 0.1) is 0 Å². The van der Waals surface area contributed by atoms with Crippen molar-refractivity contribution in [2.75, 3.05) is 5.32 Å². The second kappa shape index (κ2) is 7.29. The van der Waals surface area contributed by atoms with Crippen molar-refractivity contribution in [2.45, 2.75) is 25.9 Å². The zero-order chi connectivity index (χ0) is 21.5. The lowest BCUT2D eigenvalue weighted by atomic mass is 9.99. The van der Waals surface area contributed by atoms with E-state index < -0.39 is 17.3 Å². The first kappa shape index (κ1) is 19.6. The van der Waals surface area contributed by atoms with Gasteiger partial charge < -0.3 is 14.8 Å². The van der Waals surface area contributed by atoms with Crippen LogP contribution in [0, 0.1) is 5.82 Å². The molecule has 0 saturated heterocycles. The molecule has 0 unspecified atom stereocenters. The molecule has 1 aliphatic heterocycles. The minimum Gasteiger partial charge on any atom is -0.487 e. The van der Waals surface area contributed by atoms with E-state index >= 15 is 0 Å². The number of nitrogens with zero attached hydrogens (tertiary/aromatic N) is 2. The number of aldehydes is 1. The molecule has 1 N–H and O–H groups in total. The highest BCUT2D eigenvalue weighted by molar-refractivity contribution is 6.04. The molecule has 2 aromatic carbocycles. The van der Waals surface area contributed by atoms with Crippen molar-refractivity contribution in [1.29, 1.82) is 0 Å². The SMILES string of the molecule is Cn1ccc(NC(=O)c2cc(Oc3ccc(C=O)cc3F)c3c(c2)OC(C)(C)C3)n1. The average Bonchev–Trinajstić information content (AvgIpc) is 3.23. The lowest BCUT2D eigenvalue weighted by molar-refractivity contribution is 0.102. The number of anilines is 1. The highest BCUT2D eigenvalue weighted by atomic mass is 19.1. The van der Waals surface area contributed by atoms with E-state index in [0.29, 0.717) is 30.0 Å². The Morgan fingerprint density at radius 3 is 2.73 bits per heavy atom. The third kappa shape index (κ3) is 3.89. The maximum Gasteiger partial charge on any atom is 0.257 e. The number of aromatic nitrogens is 2. The van der Waals surface area contributed by atoms with E-state index in [9.17, 15) is 14.0 Å². The third-order valence-corrected chi connectivity index (χ3v) is 4.69. The average molecular weight is 409 g/mol. The summed E-state index contributed by atoms with van der Waals surface area (Å²) in [5, 5.41) is 6.85. The first-order valence-electron chi connectivity index (χ1n) is 9.33. The van der Waals surface area contributed by atoms with Gasteiger partial charge in [0.1, 0.15) is 23.4 Å². The summed E-state index contributed by atoms with van der Waals surface area (Å²) in [4.78, 5) is 23.6. The lowest BCUT2D eigenvalue weighted by Gasteiger charge is -2.16. The number of benzene rings is 2. The van der Waals surface area contributed by atoms with E-state index in [4.69, 9.17) is 9.47 Å². The van der Waals surface area contributed by atoms with Gasteiger partial charge in [-0.25, -0.2) is 4.39 Å². The molecule has 0 saturated carbocycles. The summed E-state index contributed by atoms with van der Waals surface area (Å²) in [6.07, 6.45) is 2.81. The van der Waals surface area contributed by atoms with E-state index in [1.165, 1.54) is 12.1 Å². The lowest BCUT2D eigenvalue weighted by Crippen LogP contribution is -2.24. The zero-order valence-electron chi connectivity index (χ0n) is 16.7. The zero-order valence-corrected chi connectivity index (χ0v) is 16.7. The summed E-state index contributed by atoms with van der Waals surface area (Å²) >= 11 is 0. The van der Waals surface area contributed by atoms with Crippen molar-refractivity contribution in [3.8, 4) is 17.2 Å². The molecule has 0 spiro atoms. The minimum absolute atomic E-state index is 0.0465. The molecule has 0 aliphatic carbocycles. The second-order valence-corrected chi connectivity index (χ2v) is 7.73. The van der Waals surface area contributed by atoms with Gasteiger partial charge in [0.15, 0.2) is 17.4 Å². The highest BCUT2D eigenvalue weighted by Crippen LogP contribution is 2.43. The summed E-state index contributed by atoms with van der Waals surface area (Å²) in [6.45, 7) is 3.84. The van der Waals surface area contributed by atoms with Crippen LogP contribution in [0.3, 0.4) is 0 Å². The Balaban J connectivity index is 1.70. The molecule has 1 aliphatic rings. The maximum absolute atomic E-state index is 14.4. The number of halogens is 1. The number of carbonyl (C=O) groups excluding carboxylic acids is 2. The van der Waals surface area contributed by atoms with Crippen LogP contribution in [0.15, 0.2) is 42.6 Å². The predicted molar refractivity (Wildman–Crippen MR) is 108 cm³/mol. The second-order valence-electron chi connectivity index (χ2n) is 7.73. The molecule has 3 aromatic rings. The van der Waals surface area contributed by atoms with Gasteiger partial charge in [0.2, 0.25) is 0 Å². The molecule has 154 valence electrons. The van der Waals surface area contributed by atoms with E-state index in [-0.39, 0.29) is 16.9 Å². The summed E-state index contributed by atoms with van der Waals surface area (Å²) in [7, 11) is 1.75. The van der Waals surface area contributed by atoms with Gasteiger partial charge in [-0.1, -0.05) is 0 Å². The molecule has 0 atom stereocenters. The van der Waals surface area contributed by atoms with Crippen LogP contribution in [0.4, 0.5) is 10.2 Å². The Kier molecular flexibility index (Phi) is 4.77. The number of nitrogens with one attached hydrogen (secondary N) is 1. The Hall–Kier alpha value is -3.68. The Labute approximate surface area is 172 Å². The maximum atomic E-state index is 14.4. The first-order valence-corrected chi connectivity index (χ1v) is 9.33. The van der Waals surface area contributed by atoms with Gasteiger partial charge in [0, 0.05) is 42.4 Å². The fourth-order valence-corrected chi connectivity index (χ4v) is 3.33.